The molecule has 308 valence electrons. The molecule has 0 aliphatic carbocycles. The molecule has 0 N–H and O–H groups in total. The van der Waals surface area contributed by atoms with Gasteiger partial charge in [0.15, 0.2) is 0 Å². The fourth-order valence-corrected chi connectivity index (χ4v) is 6.70. The quantitative estimate of drug-likeness (QED) is 0.0349. The van der Waals surface area contributed by atoms with Crippen molar-refractivity contribution in [3.05, 3.63) is 0 Å². The molecule has 8 heteroatoms. The van der Waals surface area contributed by atoms with Crippen LogP contribution in [0.4, 0.5) is 0 Å². The largest absolute Gasteiger partial charge is 0.469 e. The van der Waals surface area contributed by atoms with Crippen LogP contribution in [-0.2, 0) is 28.6 Å². The van der Waals surface area contributed by atoms with E-state index in [4.69, 9.17) is 14.2 Å². The molecule has 0 heterocycles. The van der Waals surface area contributed by atoms with Gasteiger partial charge in [0.1, 0.15) is 0 Å². The minimum Gasteiger partial charge on any atom is -0.469 e. The highest BCUT2D eigenvalue weighted by molar-refractivity contribution is 5.70. The second kappa shape index (κ2) is 39.0. The van der Waals surface area contributed by atoms with E-state index < -0.39 is 0 Å². The van der Waals surface area contributed by atoms with Crippen molar-refractivity contribution in [3.8, 4) is 0 Å². The van der Waals surface area contributed by atoms with Crippen LogP contribution in [0.25, 0.3) is 0 Å². The highest BCUT2D eigenvalue weighted by atomic mass is 16.5. The Hall–Kier alpha value is -1.67. The molecule has 0 spiro atoms. The zero-order valence-corrected chi connectivity index (χ0v) is 35.2. The highest BCUT2D eigenvalue weighted by Crippen LogP contribution is 2.14. The van der Waals surface area contributed by atoms with E-state index in [2.05, 4.69) is 37.5 Å². The number of nitrogens with zero attached hydrogens (tertiary/aromatic N) is 2. The van der Waals surface area contributed by atoms with Gasteiger partial charge in [-0.1, -0.05) is 155 Å². The summed E-state index contributed by atoms with van der Waals surface area (Å²) < 4.78 is 16.0. The van der Waals surface area contributed by atoms with Crippen LogP contribution in [0.2, 0.25) is 0 Å². The molecule has 0 fully saturated rings. The summed E-state index contributed by atoms with van der Waals surface area (Å²) in [6.45, 7) is 13.2. The van der Waals surface area contributed by atoms with Crippen LogP contribution in [0, 0.1) is 0 Å². The fraction of sp³-hybridized carbons (Fsp3) is 0.932. The molecule has 0 aromatic carbocycles. The number of carbonyl (C=O) groups excluding carboxylic acids is 3. The lowest BCUT2D eigenvalue weighted by atomic mass is 10.1. The predicted octanol–water partition coefficient (Wildman–Crippen LogP) is 11.2. The van der Waals surface area contributed by atoms with Gasteiger partial charge >= 0.3 is 17.9 Å². The SMILES string of the molecule is CCCCCCCCCCCCCCOC(=O)CCN(CCCN(CCC(=O)OC)C(C)C)CCC(=O)OCCCCCCCCCCCCCC. The van der Waals surface area contributed by atoms with E-state index >= 15 is 0 Å². The molecule has 0 radical (unpaired) electrons. The van der Waals surface area contributed by atoms with Crippen LogP contribution in [0.5, 0.6) is 0 Å². The maximum atomic E-state index is 12.6. The third kappa shape index (κ3) is 35.4. The standard InChI is InChI=1S/C44H86N2O6/c1-6-8-10-12-14-16-18-20-22-24-26-28-39-51-43(48)31-36-45(34-30-35-46(41(3)4)38-33-42(47)50-5)37-32-44(49)52-40-29-27-25-23-21-19-17-15-13-11-9-7-2/h41H,6-40H2,1-5H3. The van der Waals surface area contributed by atoms with Crippen molar-refractivity contribution in [3.63, 3.8) is 0 Å². The smallest absolute Gasteiger partial charge is 0.307 e. The van der Waals surface area contributed by atoms with Gasteiger partial charge in [0, 0.05) is 25.7 Å². The van der Waals surface area contributed by atoms with Gasteiger partial charge in [0.2, 0.25) is 0 Å². The number of methoxy groups -OCH3 is 1. The third-order valence-corrected chi connectivity index (χ3v) is 10.3. The average molecular weight is 739 g/mol. The maximum absolute atomic E-state index is 12.6. The summed E-state index contributed by atoms with van der Waals surface area (Å²) in [6, 6.07) is 0.309. The normalized spacial score (nSPS) is 11.5. The zero-order chi connectivity index (χ0) is 38.3. The summed E-state index contributed by atoms with van der Waals surface area (Å²) in [4.78, 5) is 41.3. The van der Waals surface area contributed by atoms with Crippen molar-refractivity contribution in [2.45, 2.75) is 214 Å². The Kier molecular flexibility index (Phi) is 37.8. The molecule has 0 amide bonds. The topological polar surface area (TPSA) is 85.4 Å². The van der Waals surface area contributed by atoms with Gasteiger partial charge in [-0.15, -0.1) is 0 Å². The summed E-state index contributed by atoms with van der Waals surface area (Å²) in [5.74, 6) is -0.523. The molecule has 0 saturated heterocycles. The van der Waals surface area contributed by atoms with Gasteiger partial charge in [0.25, 0.3) is 0 Å². The fourth-order valence-electron chi connectivity index (χ4n) is 6.70. The molecular weight excluding hydrogens is 652 g/mol. The molecule has 0 rings (SSSR count). The maximum Gasteiger partial charge on any atom is 0.307 e. The Morgan fingerprint density at radius 2 is 0.769 bits per heavy atom. The van der Waals surface area contributed by atoms with Crippen molar-refractivity contribution in [2.75, 3.05) is 53.0 Å². The van der Waals surface area contributed by atoms with Gasteiger partial charge in [0.05, 0.1) is 39.6 Å². The number of hydrogen-bond donors (Lipinski definition) is 0. The van der Waals surface area contributed by atoms with Crippen LogP contribution in [0.3, 0.4) is 0 Å². The lowest BCUT2D eigenvalue weighted by molar-refractivity contribution is -0.144. The van der Waals surface area contributed by atoms with Crippen molar-refractivity contribution in [2.24, 2.45) is 0 Å². The van der Waals surface area contributed by atoms with Gasteiger partial charge in [-0.3, -0.25) is 14.4 Å². The Morgan fingerprint density at radius 3 is 1.12 bits per heavy atom. The Labute approximate surface area is 322 Å². The molecule has 0 atom stereocenters. The summed E-state index contributed by atoms with van der Waals surface area (Å²) in [5.41, 5.74) is 0. The molecule has 0 aliphatic rings. The third-order valence-electron chi connectivity index (χ3n) is 10.3. The van der Waals surface area contributed by atoms with E-state index in [1.165, 1.54) is 136 Å². The molecule has 0 unspecified atom stereocenters. The number of esters is 3. The number of hydrogen-bond acceptors (Lipinski definition) is 8. The molecule has 0 saturated carbocycles. The van der Waals surface area contributed by atoms with Crippen LogP contribution in [-0.4, -0.2) is 86.8 Å². The number of unbranched alkanes of at least 4 members (excludes halogenated alkanes) is 22. The number of rotatable bonds is 40. The Balaban J connectivity index is 4.38. The van der Waals surface area contributed by atoms with E-state index in [9.17, 15) is 14.4 Å². The number of ether oxygens (including phenoxy) is 3. The van der Waals surface area contributed by atoms with Crippen LogP contribution >= 0.6 is 0 Å². The first kappa shape index (κ1) is 50.3. The minimum atomic E-state index is -0.198. The Morgan fingerprint density at radius 1 is 0.423 bits per heavy atom. The van der Waals surface area contributed by atoms with Crippen molar-refractivity contribution in [1.82, 2.24) is 9.80 Å². The van der Waals surface area contributed by atoms with Crippen molar-refractivity contribution in [1.29, 1.82) is 0 Å². The first-order chi connectivity index (χ1) is 25.3. The minimum absolute atomic E-state index is 0.162. The molecule has 0 aromatic heterocycles. The summed E-state index contributed by atoms with van der Waals surface area (Å²) >= 11 is 0. The Bertz CT molecular complexity index is 762. The monoisotopic (exact) mass is 739 g/mol. The van der Waals surface area contributed by atoms with E-state index in [1.54, 1.807) is 0 Å². The van der Waals surface area contributed by atoms with E-state index in [0.717, 1.165) is 45.2 Å². The molecule has 0 aromatic rings. The second-order valence-corrected chi connectivity index (χ2v) is 15.4. The summed E-state index contributed by atoms with van der Waals surface area (Å²) in [7, 11) is 1.42. The molecule has 0 aliphatic heterocycles. The van der Waals surface area contributed by atoms with E-state index in [-0.39, 0.29) is 17.9 Å². The van der Waals surface area contributed by atoms with Gasteiger partial charge in [-0.05, 0) is 46.2 Å². The molecule has 0 bridgehead atoms. The van der Waals surface area contributed by atoms with Crippen LogP contribution in [0.15, 0.2) is 0 Å². The first-order valence-electron chi connectivity index (χ1n) is 22.2. The van der Waals surface area contributed by atoms with Gasteiger partial charge in [-0.25, -0.2) is 0 Å². The lowest BCUT2D eigenvalue weighted by Gasteiger charge is -2.28. The molecule has 52 heavy (non-hydrogen) atoms. The first-order valence-corrected chi connectivity index (χ1v) is 22.2. The molecule has 8 nitrogen and oxygen atoms in total. The average Bonchev–Trinajstić information content (AvgIpc) is 3.13. The number of carbonyl (C=O) groups is 3. The van der Waals surface area contributed by atoms with Gasteiger partial charge in [-0.2, -0.15) is 0 Å². The van der Waals surface area contributed by atoms with Gasteiger partial charge < -0.3 is 24.0 Å². The lowest BCUT2D eigenvalue weighted by Crippen LogP contribution is -2.37. The second-order valence-electron chi connectivity index (χ2n) is 15.4. The van der Waals surface area contributed by atoms with Crippen molar-refractivity contribution >= 4 is 17.9 Å². The highest BCUT2D eigenvalue weighted by Gasteiger charge is 2.15. The van der Waals surface area contributed by atoms with Crippen molar-refractivity contribution < 1.29 is 28.6 Å². The van der Waals surface area contributed by atoms with Crippen LogP contribution in [0.1, 0.15) is 207 Å². The predicted molar refractivity (Wildman–Crippen MR) is 218 cm³/mol. The van der Waals surface area contributed by atoms with E-state index in [0.29, 0.717) is 58.2 Å². The van der Waals surface area contributed by atoms with E-state index in [1.807, 2.05) is 0 Å². The summed E-state index contributed by atoms with van der Waals surface area (Å²) in [5, 5.41) is 0. The van der Waals surface area contributed by atoms with Crippen LogP contribution < -0.4 is 0 Å². The zero-order valence-electron chi connectivity index (χ0n) is 35.2. The molecular formula is C44H86N2O6. The summed E-state index contributed by atoms with van der Waals surface area (Å²) in [6.07, 6.45) is 32.7.